The van der Waals surface area contributed by atoms with Gasteiger partial charge in [0.05, 0.1) is 16.3 Å². The molecular formula is C15H11Cl2NO. The minimum Gasteiger partial charge on any atom is -0.464 e. The Morgan fingerprint density at radius 3 is 2.68 bits per heavy atom. The number of hydrogen-bond acceptors (Lipinski definition) is 2. The van der Waals surface area contributed by atoms with E-state index in [1.807, 2.05) is 36.4 Å². The van der Waals surface area contributed by atoms with Crippen LogP contribution in [-0.2, 0) is 6.54 Å². The number of furan rings is 1. The average Bonchev–Trinajstić information content (AvgIpc) is 2.83. The van der Waals surface area contributed by atoms with E-state index in [1.54, 1.807) is 12.3 Å². The molecule has 0 amide bonds. The molecule has 4 heteroatoms. The molecule has 0 saturated heterocycles. The smallest absolute Gasteiger partial charge is 0.134 e. The first-order valence-corrected chi connectivity index (χ1v) is 6.63. The lowest BCUT2D eigenvalue weighted by molar-refractivity contribution is 0.611. The molecule has 0 aliphatic rings. The molecule has 0 bridgehead atoms. The number of fused-ring (bicyclic) bond motifs is 1. The summed E-state index contributed by atoms with van der Waals surface area (Å²) in [6, 6.07) is 13.5. The van der Waals surface area contributed by atoms with Gasteiger partial charge in [-0.3, -0.25) is 0 Å². The first-order valence-electron chi connectivity index (χ1n) is 5.88. The molecule has 3 aromatic rings. The lowest BCUT2D eigenvalue weighted by Gasteiger charge is -2.06. The lowest BCUT2D eigenvalue weighted by Crippen LogP contribution is -1.98. The van der Waals surface area contributed by atoms with Gasteiger partial charge in [0.15, 0.2) is 0 Å². The molecule has 1 N–H and O–H groups in total. The van der Waals surface area contributed by atoms with Gasteiger partial charge in [-0.25, -0.2) is 0 Å². The van der Waals surface area contributed by atoms with Crippen LogP contribution in [0.1, 0.15) is 5.56 Å². The maximum Gasteiger partial charge on any atom is 0.134 e. The van der Waals surface area contributed by atoms with E-state index in [2.05, 4.69) is 5.32 Å². The van der Waals surface area contributed by atoms with Crippen LogP contribution in [0.5, 0.6) is 0 Å². The summed E-state index contributed by atoms with van der Waals surface area (Å²) in [6.45, 7) is 0.676. The Labute approximate surface area is 120 Å². The second-order valence-electron chi connectivity index (χ2n) is 4.24. The van der Waals surface area contributed by atoms with Crippen LogP contribution in [0.15, 0.2) is 53.1 Å². The molecule has 0 spiro atoms. The Morgan fingerprint density at radius 2 is 1.84 bits per heavy atom. The molecule has 3 rings (SSSR count). The summed E-state index contributed by atoms with van der Waals surface area (Å²) >= 11 is 11.9. The van der Waals surface area contributed by atoms with Crippen molar-refractivity contribution >= 4 is 39.9 Å². The number of hydrogen-bond donors (Lipinski definition) is 1. The van der Waals surface area contributed by atoms with E-state index in [0.29, 0.717) is 16.6 Å². The number of rotatable bonds is 3. The summed E-state index contributed by atoms with van der Waals surface area (Å²) in [7, 11) is 0. The van der Waals surface area contributed by atoms with Crippen LogP contribution in [0.3, 0.4) is 0 Å². The zero-order chi connectivity index (χ0) is 13.2. The number of halogens is 2. The molecule has 96 valence electrons. The molecule has 0 fully saturated rings. The highest BCUT2D eigenvalue weighted by molar-refractivity contribution is 6.42. The Balaban J connectivity index is 1.80. The van der Waals surface area contributed by atoms with Gasteiger partial charge in [-0.15, -0.1) is 0 Å². The lowest BCUT2D eigenvalue weighted by atomic mass is 10.2. The van der Waals surface area contributed by atoms with Crippen LogP contribution in [0.4, 0.5) is 5.69 Å². The molecule has 2 aromatic carbocycles. The minimum absolute atomic E-state index is 0.545. The minimum atomic E-state index is 0.545. The third-order valence-electron chi connectivity index (χ3n) is 2.96. The van der Waals surface area contributed by atoms with Crippen molar-refractivity contribution in [2.45, 2.75) is 6.54 Å². The van der Waals surface area contributed by atoms with Crippen molar-refractivity contribution in [3.63, 3.8) is 0 Å². The third-order valence-corrected chi connectivity index (χ3v) is 3.70. The fraction of sp³-hybridized carbons (Fsp3) is 0.0667. The molecule has 0 saturated carbocycles. The maximum absolute atomic E-state index is 5.98. The van der Waals surface area contributed by atoms with Gasteiger partial charge in [0.1, 0.15) is 5.58 Å². The average molecular weight is 292 g/mol. The van der Waals surface area contributed by atoms with E-state index in [4.69, 9.17) is 27.6 Å². The predicted molar refractivity (Wildman–Crippen MR) is 80.0 cm³/mol. The molecular weight excluding hydrogens is 281 g/mol. The second-order valence-corrected chi connectivity index (χ2v) is 5.05. The van der Waals surface area contributed by atoms with Gasteiger partial charge < -0.3 is 9.73 Å². The normalized spacial score (nSPS) is 10.8. The third kappa shape index (κ3) is 2.55. The SMILES string of the molecule is Clc1ccc(NCc2coc3ccccc23)cc1Cl. The maximum atomic E-state index is 5.98. The van der Waals surface area contributed by atoms with Crippen LogP contribution >= 0.6 is 23.2 Å². The van der Waals surface area contributed by atoms with E-state index in [0.717, 1.165) is 22.2 Å². The Hall–Kier alpha value is -1.64. The molecule has 0 unspecified atom stereocenters. The zero-order valence-corrected chi connectivity index (χ0v) is 11.5. The Morgan fingerprint density at radius 1 is 1.00 bits per heavy atom. The van der Waals surface area contributed by atoms with Gasteiger partial charge in [0, 0.05) is 23.2 Å². The zero-order valence-electron chi connectivity index (χ0n) is 9.99. The molecule has 0 atom stereocenters. The van der Waals surface area contributed by atoms with Crippen LogP contribution in [0.25, 0.3) is 11.0 Å². The number of para-hydroxylation sites is 1. The van der Waals surface area contributed by atoms with Crippen LogP contribution in [-0.4, -0.2) is 0 Å². The van der Waals surface area contributed by atoms with Crippen LogP contribution in [0.2, 0.25) is 10.0 Å². The van der Waals surface area contributed by atoms with Gasteiger partial charge in [0.2, 0.25) is 0 Å². The van der Waals surface area contributed by atoms with Crippen molar-refractivity contribution in [2.75, 3.05) is 5.32 Å². The van der Waals surface area contributed by atoms with Gasteiger partial charge in [-0.1, -0.05) is 41.4 Å². The van der Waals surface area contributed by atoms with Crippen molar-refractivity contribution in [1.82, 2.24) is 0 Å². The van der Waals surface area contributed by atoms with Gasteiger partial charge in [-0.2, -0.15) is 0 Å². The summed E-state index contributed by atoms with van der Waals surface area (Å²) in [4.78, 5) is 0. The van der Waals surface area contributed by atoms with Crippen molar-refractivity contribution in [2.24, 2.45) is 0 Å². The molecule has 19 heavy (non-hydrogen) atoms. The highest BCUT2D eigenvalue weighted by Crippen LogP contribution is 2.26. The van der Waals surface area contributed by atoms with Crippen molar-refractivity contribution in [1.29, 1.82) is 0 Å². The fourth-order valence-corrected chi connectivity index (χ4v) is 2.27. The first kappa shape index (κ1) is 12.4. The van der Waals surface area contributed by atoms with E-state index < -0.39 is 0 Å². The van der Waals surface area contributed by atoms with E-state index in [-0.39, 0.29) is 0 Å². The van der Waals surface area contributed by atoms with Crippen molar-refractivity contribution < 1.29 is 4.42 Å². The fourth-order valence-electron chi connectivity index (χ4n) is 1.97. The Bertz CT molecular complexity index is 721. The van der Waals surface area contributed by atoms with Crippen LogP contribution < -0.4 is 5.32 Å². The summed E-state index contributed by atoms with van der Waals surface area (Å²) in [5.41, 5.74) is 2.94. The predicted octanol–water partition coefficient (Wildman–Crippen LogP) is 5.35. The van der Waals surface area contributed by atoms with Crippen LogP contribution in [0, 0.1) is 0 Å². The first-order chi connectivity index (χ1) is 9.24. The molecule has 0 radical (unpaired) electrons. The van der Waals surface area contributed by atoms with Crippen molar-refractivity contribution in [3.8, 4) is 0 Å². The van der Waals surface area contributed by atoms with E-state index >= 15 is 0 Å². The van der Waals surface area contributed by atoms with Gasteiger partial charge >= 0.3 is 0 Å². The molecule has 0 aliphatic carbocycles. The second kappa shape index (κ2) is 5.16. The number of anilines is 1. The standard InChI is InChI=1S/C15H11Cl2NO/c16-13-6-5-11(7-14(13)17)18-8-10-9-19-15-4-2-1-3-12(10)15/h1-7,9,18H,8H2. The molecule has 1 aromatic heterocycles. The Kier molecular flexibility index (Phi) is 3.36. The summed E-state index contributed by atoms with van der Waals surface area (Å²) < 4.78 is 5.49. The van der Waals surface area contributed by atoms with E-state index in [9.17, 15) is 0 Å². The summed E-state index contributed by atoms with van der Waals surface area (Å²) in [5, 5.41) is 5.53. The summed E-state index contributed by atoms with van der Waals surface area (Å²) in [5.74, 6) is 0. The molecule has 1 heterocycles. The summed E-state index contributed by atoms with van der Waals surface area (Å²) in [6.07, 6.45) is 1.77. The van der Waals surface area contributed by atoms with E-state index in [1.165, 1.54) is 0 Å². The molecule has 2 nitrogen and oxygen atoms in total. The topological polar surface area (TPSA) is 25.2 Å². The highest BCUT2D eigenvalue weighted by Gasteiger charge is 2.05. The highest BCUT2D eigenvalue weighted by atomic mass is 35.5. The van der Waals surface area contributed by atoms with Crippen molar-refractivity contribution in [3.05, 3.63) is 64.3 Å². The van der Waals surface area contributed by atoms with Gasteiger partial charge in [0.25, 0.3) is 0 Å². The number of benzene rings is 2. The number of nitrogens with one attached hydrogen (secondary N) is 1. The monoisotopic (exact) mass is 291 g/mol. The largest absolute Gasteiger partial charge is 0.464 e. The quantitative estimate of drug-likeness (QED) is 0.703. The molecule has 0 aliphatic heterocycles. The van der Waals surface area contributed by atoms with Gasteiger partial charge in [-0.05, 0) is 24.3 Å².